The number of amides is 1. The van der Waals surface area contributed by atoms with Crippen LogP contribution in [0.4, 0.5) is 0 Å². The highest BCUT2D eigenvalue weighted by molar-refractivity contribution is 7.89. The molecule has 1 aliphatic heterocycles. The monoisotopic (exact) mass is 525 g/mol. The Hall–Kier alpha value is -3.78. The Morgan fingerprint density at radius 3 is 1.84 bits per heavy atom. The highest BCUT2D eigenvalue weighted by atomic mass is 32.2. The molecule has 1 N–H and O–H groups in total. The van der Waals surface area contributed by atoms with Crippen LogP contribution < -0.4 is 5.32 Å². The molecule has 0 radical (unpaired) electrons. The first kappa shape index (κ1) is 25.9. The molecule has 5 rings (SSSR count). The van der Waals surface area contributed by atoms with Crippen molar-refractivity contribution in [2.24, 2.45) is 0 Å². The smallest absolute Gasteiger partial charge is 0.252 e. The second kappa shape index (κ2) is 11.7. The third kappa shape index (κ3) is 6.02. The predicted octanol–water partition coefficient (Wildman–Crippen LogP) is 4.71. The lowest BCUT2D eigenvalue weighted by atomic mass is 9.98. The van der Waals surface area contributed by atoms with E-state index >= 15 is 0 Å². The Balaban J connectivity index is 1.24. The maximum Gasteiger partial charge on any atom is 0.252 e. The van der Waals surface area contributed by atoms with E-state index < -0.39 is 10.0 Å². The summed E-state index contributed by atoms with van der Waals surface area (Å²) in [7, 11) is -3.48. The number of sulfonamides is 1. The topological polar surface area (TPSA) is 69.7 Å². The van der Waals surface area contributed by atoms with Crippen molar-refractivity contribution in [3.63, 3.8) is 0 Å². The molecule has 7 heteroatoms. The van der Waals surface area contributed by atoms with Crippen molar-refractivity contribution in [2.45, 2.75) is 17.5 Å². The van der Waals surface area contributed by atoms with Crippen molar-refractivity contribution in [3.05, 3.63) is 138 Å². The molecule has 4 aromatic rings. The minimum atomic E-state index is -3.48. The first-order chi connectivity index (χ1) is 18.5. The van der Waals surface area contributed by atoms with Crippen LogP contribution in [0, 0.1) is 0 Å². The number of nitrogens with one attached hydrogen (secondary N) is 1. The Labute approximate surface area is 224 Å². The minimum absolute atomic E-state index is 0.136. The third-order valence-electron chi connectivity index (χ3n) is 6.85. The maximum absolute atomic E-state index is 13.3. The van der Waals surface area contributed by atoms with Gasteiger partial charge >= 0.3 is 0 Å². The van der Waals surface area contributed by atoms with Gasteiger partial charge in [-0.2, -0.15) is 4.31 Å². The molecule has 0 saturated carbocycles. The average molecular weight is 526 g/mol. The van der Waals surface area contributed by atoms with E-state index in [-0.39, 0.29) is 11.9 Å². The fraction of sp³-hybridized carbons (Fsp3) is 0.194. The zero-order valence-corrected chi connectivity index (χ0v) is 21.9. The van der Waals surface area contributed by atoms with E-state index in [2.05, 4.69) is 10.2 Å². The summed E-state index contributed by atoms with van der Waals surface area (Å²) in [6.07, 6.45) is 0. The summed E-state index contributed by atoms with van der Waals surface area (Å²) in [4.78, 5) is 15.9. The van der Waals surface area contributed by atoms with Gasteiger partial charge in [-0.15, -0.1) is 0 Å². The van der Waals surface area contributed by atoms with Crippen LogP contribution in [0.3, 0.4) is 0 Å². The van der Waals surface area contributed by atoms with Crippen LogP contribution in [0.5, 0.6) is 0 Å². The Morgan fingerprint density at radius 2 is 1.26 bits per heavy atom. The van der Waals surface area contributed by atoms with Crippen molar-refractivity contribution < 1.29 is 13.2 Å². The molecule has 6 nitrogen and oxygen atoms in total. The number of piperazine rings is 1. The number of benzene rings is 4. The van der Waals surface area contributed by atoms with E-state index in [9.17, 15) is 13.2 Å². The molecule has 0 bridgehead atoms. The summed E-state index contributed by atoms with van der Waals surface area (Å²) in [5.74, 6) is -0.136. The van der Waals surface area contributed by atoms with Crippen molar-refractivity contribution in [2.75, 3.05) is 26.2 Å². The van der Waals surface area contributed by atoms with Gasteiger partial charge in [0.15, 0.2) is 0 Å². The van der Waals surface area contributed by atoms with Gasteiger partial charge in [0.2, 0.25) is 10.0 Å². The van der Waals surface area contributed by atoms with Gasteiger partial charge in [0, 0.05) is 38.3 Å². The van der Waals surface area contributed by atoms with Crippen molar-refractivity contribution in [1.82, 2.24) is 14.5 Å². The lowest BCUT2D eigenvalue weighted by Crippen LogP contribution is -2.48. The number of nitrogens with zero attached hydrogens (tertiary/aromatic N) is 2. The van der Waals surface area contributed by atoms with Gasteiger partial charge in [0.25, 0.3) is 5.91 Å². The van der Waals surface area contributed by atoms with E-state index in [1.165, 1.54) is 0 Å². The first-order valence-corrected chi connectivity index (χ1v) is 14.2. The number of carbonyl (C=O) groups is 1. The van der Waals surface area contributed by atoms with E-state index in [1.54, 1.807) is 28.6 Å². The van der Waals surface area contributed by atoms with Crippen molar-refractivity contribution in [3.8, 4) is 0 Å². The standard InChI is InChI=1S/C31H31N3O3S/c35-31(32-30(26-12-4-1-5-13-26)27-14-6-2-7-15-27)28-16-10-11-25(23-28)24-33-19-21-34(22-20-33)38(36,37)29-17-8-3-9-18-29/h1-18,23,30H,19-22,24H2,(H,32,35). The molecular formula is C31H31N3O3S. The second-order valence-electron chi connectivity index (χ2n) is 9.42. The van der Waals surface area contributed by atoms with Crippen LogP contribution in [0.25, 0.3) is 0 Å². The highest BCUT2D eigenvalue weighted by Gasteiger charge is 2.28. The van der Waals surface area contributed by atoms with Gasteiger partial charge < -0.3 is 5.32 Å². The van der Waals surface area contributed by atoms with Gasteiger partial charge in [-0.05, 0) is 41.0 Å². The van der Waals surface area contributed by atoms with Crippen molar-refractivity contribution in [1.29, 1.82) is 0 Å². The molecule has 194 valence electrons. The van der Waals surface area contributed by atoms with E-state index in [1.807, 2.05) is 91.0 Å². The van der Waals surface area contributed by atoms with Gasteiger partial charge in [-0.25, -0.2) is 8.42 Å². The Bertz CT molecular complexity index is 1410. The molecule has 0 spiro atoms. The molecular weight excluding hydrogens is 494 g/mol. The van der Waals surface area contributed by atoms with E-state index in [0.717, 1.165) is 16.7 Å². The van der Waals surface area contributed by atoms with Crippen LogP contribution in [0.1, 0.15) is 33.1 Å². The molecule has 4 aromatic carbocycles. The molecule has 1 fully saturated rings. The molecule has 0 atom stereocenters. The summed E-state index contributed by atoms with van der Waals surface area (Å²) in [5, 5.41) is 3.21. The molecule has 1 saturated heterocycles. The summed E-state index contributed by atoms with van der Waals surface area (Å²) in [6, 6.07) is 35.9. The fourth-order valence-corrected chi connectivity index (χ4v) is 6.25. The summed E-state index contributed by atoms with van der Waals surface area (Å²) < 4.78 is 27.4. The molecule has 1 aliphatic rings. The molecule has 38 heavy (non-hydrogen) atoms. The van der Waals surface area contributed by atoms with Gasteiger partial charge in [-0.3, -0.25) is 9.69 Å². The lowest BCUT2D eigenvalue weighted by molar-refractivity contribution is 0.0942. The van der Waals surface area contributed by atoms with Gasteiger partial charge in [0.05, 0.1) is 10.9 Å². The Kier molecular flexibility index (Phi) is 7.98. The third-order valence-corrected chi connectivity index (χ3v) is 8.76. The van der Waals surface area contributed by atoms with Gasteiger partial charge in [0.1, 0.15) is 0 Å². The van der Waals surface area contributed by atoms with Crippen LogP contribution in [0.15, 0.2) is 120 Å². The number of carbonyl (C=O) groups excluding carboxylic acids is 1. The zero-order valence-electron chi connectivity index (χ0n) is 21.1. The number of hydrogen-bond donors (Lipinski definition) is 1. The van der Waals surface area contributed by atoms with Crippen LogP contribution in [0.2, 0.25) is 0 Å². The van der Waals surface area contributed by atoms with Crippen LogP contribution >= 0.6 is 0 Å². The van der Waals surface area contributed by atoms with Crippen LogP contribution in [-0.4, -0.2) is 49.7 Å². The predicted molar refractivity (Wildman–Crippen MR) is 149 cm³/mol. The lowest BCUT2D eigenvalue weighted by Gasteiger charge is -2.34. The molecule has 0 unspecified atom stereocenters. The fourth-order valence-electron chi connectivity index (χ4n) is 4.80. The molecule has 1 heterocycles. The molecule has 1 amide bonds. The summed E-state index contributed by atoms with van der Waals surface area (Å²) in [6.45, 7) is 2.79. The zero-order chi connectivity index (χ0) is 26.4. The summed E-state index contributed by atoms with van der Waals surface area (Å²) in [5.41, 5.74) is 3.66. The van der Waals surface area contributed by atoms with E-state index in [0.29, 0.717) is 43.2 Å². The number of rotatable bonds is 8. The average Bonchev–Trinajstić information content (AvgIpc) is 2.97. The quantitative estimate of drug-likeness (QED) is 0.362. The largest absolute Gasteiger partial charge is 0.341 e. The molecule has 0 aliphatic carbocycles. The van der Waals surface area contributed by atoms with Crippen LogP contribution in [-0.2, 0) is 16.6 Å². The van der Waals surface area contributed by atoms with Crippen molar-refractivity contribution >= 4 is 15.9 Å². The molecule has 0 aromatic heterocycles. The second-order valence-corrected chi connectivity index (χ2v) is 11.4. The first-order valence-electron chi connectivity index (χ1n) is 12.8. The summed E-state index contributed by atoms with van der Waals surface area (Å²) >= 11 is 0. The van der Waals surface area contributed by atoms with E-state index in [4.69, 9.17) is 0 Å². The normalized spacial score (nSPS) is 14.9. The van der Waals surface area contributed by atoms with Gasteiger partial charge in [-0.1, -0.05) is 91.0 Å². The maximum atomic E-state index is 13.3. The number of hydrogen-bond acceptors (Lipinski definition) is 4. The SMILES string of the molecule is O=C(NC(c1ccccc1)c1ccccc1)c1cccc(CN2CCN(S(=O)(=O)c3ccccc3)CC2)c1. The Morgan fingerprint density at radius 1 is 0.711 bits per heavy atom. The highest BCUT2D eigenvalue weighted by Crippen LogP contribution is 2.23. The minimum Gasteiger partial charge on any atom is -0.341 e.